The molecule has 21 heavy (non-hydrogen) atoms. The Balaban J connectivity index is 3.39. The van der Waals surface area contributed by atoms with Crippen LogP contribution in [0.5, 0.6) is 0 Å². The van der Waals surface area contributed by atoms with Gasteiger partial charge >= 0.3 is 5.97 Å². The Morgan fingerprint density at radius 2 is 1.95 bits per heavy atom. The predicted molar refractivity (Wildman–Crippen MR) is 79.2 cm³/mol. The van der Waals surface area contributed by atoms with E-state index in [4.69, 9.17) is 9.84 Å². The predicted octanol–water partition coefficient (Wildman–Crippen LogP) is 1.66. The first-order valence-corrected chi connectivity index (χ1v) is 8.03. The zero-order valence-corrected chi connectivity index (χ0v) is 13.5. The number of rotatable bonds is 7. The minimum Gasteiger partial charge on any atom is -0.478 e. The van der Waals surface area contributed by atoms with Crippen LogP contribution in [-0.4, -0.2) is 50.6 Å². The van der Waals surface area contributed by atoms with Crippen molar-refractivity contribution < 1.29 is 23.1 Å². The third kappa shape index (κ3) is 3.81. The van der Waals surface area contributed by atoms with Crippen LogP contribution < -0.4 is 0 Å². The molecule has 0 radical (unpaired) electrons. The Morgan fingerprint density at radius 3 is 2.43 bits per heavy atom. The van der Waals surface area contributed by atoms with Gasteiger partial charge in [0.1, 0.15) is 0 Å². The number of hydrogen-bond acceptors (Lipinski definition) is 4. The number of aromatic carboxylic acids is 1. The maximum Gasteiger partial charge on any atom is 0.335 e. The van der Waals surface area contributed by atoms with Gasteiger partial charge in [-0.15, -0.1) is 0 Å². The highest BCUT2D eigenvalue weighted by Crippen LogP contribution is 2.24. The second-order valence-electron chi connectivity index (χ2n) is 4.71. The molecule has 6 nitrogen and oxygen atoms in total. The summed E-state index contributed by atoms with van der Waals surface area (Å²) < 4.78 is 31.6. The van der Waals surface area contributed by atoms with Crippen molar-refractivity contribution in [2.75, 3.05) is 26.8 Å². The van der Waals surface area contributed by atoms with E-state index in [0.717, 1.165) is 0 Å². The summed E-state index contributed by atoms with van der Waals surface area (Å²) in [6, 6.07) is 2.69. The van der Waals surface area contributed by atoms with Crippen LogP contribution in [0, 0.1) is 13.8 Å². The summed E-state index contributed by atoms with van der Waals surface area (Å²) in [7, 11) is -2.24. The van der Waals surface area contributed by atoms with Crippen molar-refractivity contribution in [1.82, 2.24) is 4.31 Å². The van der Waals surface area contributed by atoms with Crippen LogP contribution in [0.25, 0.3) is 0 Å². The molecule has 0 atom stereocenters. The van der Waals surface area contributed by atoms with Gasteiger partial charge in [0.2, 0.25) is 10.0 Å². The second kappa shape index (κ2) is 7.02. The number of methoxy groups -OCH3 is 1. The van der Waals surface area contributed by atoms with Crippen molar-refractivity contribution in [2.24, 2.45) is 0 Å². The fraction of sp³-hybridized carbons (Fsp3) is 0.500. The third-order valence-corrected chi connectivity index (χ3v) is 5.48. The van der Waals surface area contributed by atoms with E-state index in [-0.39, 0.29) is 23.6 Å². The molecule has 0 unspecified atom stereocenters. The van der Waals surface area contributed by atoms with E-state index in [1.54, 1.807) is 20.8 Å². The lowest BCUT2D eigenvalue weighted by Gasteiger charge is -2.22. The van der Waals surface area contributed by atoms with Gasteiger partial charge in [-0.3, -0.25) is 0 Å². The smallest absolute Gasteiger partial charge is 0.335 e. The van der Waals surface area contributed by atoms with Crippen LogP contribution in [0.1, 0.15) is 28.4 Å². The normalized spacial score (nSPS) is 11.9. The zero-order chi connectivity index (χ0) is 16.2. The number of sulfonamides is 1. The molecule has 0 heterocycles. The van der Waals surface area contributed by atoms with Gasteiger partial charge in [-0.25, -0.2) is 13.2 Å². The monoisotopic (exact) mass is 315 g/mol. The highest BCUT2D eigenvalue weighted by molar-refractivity contribution is 7.89. The number of nitrogens with zero attached hydrogens (tertiary/aromatic N) is 1. The Bertz CT molecular complexity index is 624. The van der Waals surface area contributed by atoms with E-state index < -0.39 is 16.0 Å². The van der Waals surface area contributed by atoms with E-state index in [2.05, 4.69) is 0 Å². The average molecular weight is 315 g/mol. The van der Waals surface area contributed by atoms with Gasteiger partial charge in [0.05, 0.1) is 17.1 Å². The van der Waals surface area contributed by atoms with E-state index in [1.807, 2.05) is 0 Å². The lowest BCUT2D eigenvalue weighted by Crippen LogP contribution is -2.34. The molecule has 0 spiro atoms. The largest absolute Gasteiger partial charge is 0.478 e. The van der Waals surface area contributed by atoms with Crippen LogP contribution in [0.15, 0.2) is 17.0 Å². The first kappa shape index (κ1) is 17.6. The fourth-order valence-corrected chi connectivity index (χ4v) is 3.76. The minimum absolute atomic E-state index is 0.0283. The highest BCUT2D eigenvalue weighted by atomic mass is 32.2. The molecule has 0 aliphatic carbocycles. The molecule has 0 aliphatic heterocycles. The number of benzene rings is 1. The first-order valence-electron chi connectivity index (χ1n) is 6.59. The molecule has 0 fully saturated rings. The standard InChI is InChI=1S/C14H21NO5S/c1-5-15(6-7-20-4)21(18,19)13-9-12(14(16)17)8-10(2)11(13)3/h8-9H,5-7H2,1-4H3,(H,16,17). The molecular formula is C14H21NO5S. The van der Waals surface area contributed by atoms with E-state index in [0.29, 0.717) is 17.7 Å². The number of likely N-dealkylation sites (N-methyl/N-ethyl adjacent to an activating group) is 1. The molecule has 1 rings (SSSR count). The molecule has 0 bridgehead atoms. The summed E-state index contributed by atoms with van der Waals surface area (Å²) in [6.45, 7) is 5.91. The summed E-state index contributed by atoms with van der Waals surface area (Å²) in [5.41, 5.74) is 1.17. The molecule has 0 aromatic heterocycles. The van der Waals surface area contributed by atoms with Crippen molar-refractivity contribution in [2.45, 2.75) is 25.7 Å². The quantitative estimate of drug-likeness (QED) is 0.827. The van der Waals surface area contributed by atoms with Crippen LogP contribution in [-0.2, 0) is 14.8 Å². The summed E-state index contributed by atoms with van der Waals surface area (Å²) in [5, 5.41) is 9.10. The molecule has 118 valence electrons. The average Bonchev–Trinajstić information content (AvgIpc) is 2.41. The first-order chi connectivity index (χ1) is 9.75. The number of carboxylic acids is 1. The van der Waals surface area contributed by atoms with Crippen molar-refractivity contribution in [1.29, 1.82) is 0 Å². The van der Waals surface area contributed by atoms with Crippen molar-refractivity contribution in [3.63, 3.8) is 0 Å². The van der Waals surface area contributed by atoms with E-state index in [1.165, 1.54) is 23.5 Å². The Hall–Kier alpha value is -1.44. The number of hydrogen-bond donors (Lipinski definition) is 1. The molecule has 1 aromatic rings. The molecule has 0 saturated heterocycles. The van der Waals surface area contributed by atoms with E-state index >= 15 is 0 Å². The van der Waals surface area contributed by atoms with E-state index in [9.17, 15) is 13.2 Å². The van der Waals surface area contributed by atoms with Crippen molar-refractivity contribution in [3.8, 4) is 0 Å². The summed E-state index contributed by atoms with van der Waals surface area (Å²) in [6.07, 6.45) is 0. The van der Waals surface area contributed by atoms with Gasteiger partial charge in [-0.2, -0.15) is 4.31 Å². The molecule has 0 saturated carbocycles. The van der Waals surface area contributed by atoms with Crippen molar-refractivity contribution >= 4 is 16.0 Å². The van der Waals surface area contributed by atoms with Gasteiger partial charge in [-0.1, -0.05) is 6.92 Å². The lowest BCUT2D eigenvalue weighted by molar-refractivity contribution is 0.0696. The number of ether oxygens (including phenoxy) is 1. The molecule has 1 N–H and O–H groups in total. The van der Waals surface area contributed by atoms with Gasteiger partial charge in [0.15, 0.2) is 0 Å². The zero-order valence-electron chi connectivity index (χ0n) is 12.7. The topological polar surface area (TPSA) is 83.9 Å². The van der Waals surface area contributed by atoms with Crippen molar-refractivity contribution in [3.05, 3.63) is 28.8 Å². The molecule has 1 aromatic carbocycles. The molecule has 0 aliphatic rings. The number of carbonyl (C=O) groups is 1. The maximum atomic E-state index is 12.7. The third-order valence-electron chi connectivity index (χ3n) is 3.38. The van der Waals surface area contributed by atoms with Crippen LogP contribution in [0.3, 0.4) is 0 Å². The minimum atomic E-state index is -3.74. The molecule has 0 amide bonds. The van der Waals surface area contributed by atoms with Gasteiger partial charge in [0, 0.05) is 20.2 Å². The Kier molecular flexibility index (Phi) is 5.88. The second-order valence-corrected chi connectivity index (χ2v) is 6.62. The Morgan fingerprint density at radius 1 is 1.33 bits per heavy atom. The maximum absolute atomic E-state index is 12.7. The lowest BCUT2D eigenvalue weighted by atomic mass is 10.1. The summed E-state index contributed by atoms with van der Waals surface area (Å²) in [4.78, 5) is 11.2. The van der Waals surface area contributed by atoms with Crippen LogP contribution in [0.4, 0.5) is 0 Å². The SMILES string of the molecule is CCN(CCOC)S(=O)(=O)c1cc(C(=O)O)cc(C)c1C. The highest BCUT2D eigenvalue weighted by Gasteiger charge is 2.26. The number of carboxylic acid groups (broad SMARTS) is 1. The van der Waals surface area contributed by atoms with Gasteiger partial charge < -0.3 is 9.84 Å². The Labute approximate surface area is 125 Å². The summed E-state index contributed by atoms with van der Waals surface area (Å²) in [5.74, 6) is -1.14. The van der Waals surface area contributed by atoms with Gasteiger partial charge in [-0.05, 0) is 37.1 Å². The summed E-state index contributed by atoms with van der Waals surface area (Å²) >= 11 is 0. The van der Waals surface area contributed by atoms with Gasteiger partial charge in [0.25, 0.3) is 0 Å². The fourth-order valence-electron chi connectivity index (χ4n) is 2.00. The molecular weight excluding hydrogens is 294 g/mol. The number of aryl methyl sites for hydroxylation is 1. The van der Waals surface area contributed by atoms with Crippen LogP contribution >= 0.6 is 0 Å². The van der Waals surface area contributed by atoms with Crippen LogP contribution in [0.2, 0.25) is 0 Å². The molecule has 7 heteroatoms.